The van der Waals surface area contributed by atoms with E-state index in [9.17, 15) is 0 Å². The summed E-state index contributed by atoms with van der Waals surface area (Å²) in [6.45, 7) is 9.43. The molecule has 290 valence electrons. The molecule has 0 aliphatic carbocycles. The van der Waals surface area contributed by atoms with Crippen molar-refractivity contribution in [1.29, 1.82) is 0 Å². The van der Waals surface area contributed by atoms with Crippen molar-refractivity contribution in [3.8, 4) is 0 Å². The van der Waals surface area contributed by atoms with Crippen LogP contribution in [0.25, 0.3) is 0 Å². The second-order valence-corrected chi connectivity index (χ2v) is 16.5. The Morgan fingerprint density at radius 2 is 0.653 bits per heavy atom. The average Bonchev–Trinajstić information content (AvgIpc) is 3.60. The summed E-state index contributed by atoms with van der Waals surface area (Å²) in [6, 6.07) is 0.617. The maximum Gasteiger partial charge on any atom is 0.257 e. The fourth-order valence-electron chi connectivity index (χ4n) is 8.20. The molecular formula is C47H93N2+. The molecule has 1 heterocycles. The fraction of sp³-hybridized carbons (Fsp3) is 0.936. The van der Waals surface area contributed by atoms with Crippen molar-refractivity contribution in [2.45, 2.75) is 284 Å². The highest BCUT2D eigenvalue weighted by Gasteiger charge is 2.25. The van der Waals surface area contributed by atoms with E-state index < -0.39 is 0 Å². The van der Waals surface area contributed by atoms with Crippen LogP contribution in [0.5, 0.6) is 0 Å². The lowest BCUT2D eigenvalue weighted by atomic mass is 9.92. The molecule has 2 nitrogen and oxygen atoms in total. The molecule has 0 aromatic carbocycles. The first-order chi connectivity index (χ1) is 24.2. The van der Waals surface area contributed by atoms with Gasteiger partial charge in [-0.05, 0) is 32.6 Å². The SMILES string of the molecule is CCCCCCCCCCCCCCCCCCC(CCCCCCCCCCCC)c1[nH]cc[n+]1C(C)CCCCCCCCCCC. The van der Waals surface area contributed by atoms with Gasteiger partial charge in [0, 0.05) is 0 Å². The highest BCUT2D eigenvalue weighted by molar-refractivity contribution is 4.90. The normalized spacial score (nSPS) is 13.0. The van der Waals surface area contributed by atoms with E-state index >= 15 is 0 Å². The largest absolute Gasteiger partial charge is 0.257 e. The zero-order valence-electron chi connectivity index (χ0n) is 34.6. The van der Waals surface area contributed by atoms with E-state index in [0.717, 1.165) is 0 Å². The van der Waals surface area contributed by atoms with Crippen molar-refractivity contribution in [3.63, 3.8) is 0 Å². The van der Waals surface area contributed by atoms with Crippen LogP contribution in [0.2, 0.25) is 0 Å². The number of aromatic nitrogens is 2. The predicted molar refractivity (Wildman–Crippen MR) is 221 cm³/mol. The minimum atomic E-state index is 0.617. The third-order valence-corrected chi connectivity index (χ3v) is 11.6. The van der Waals surface area contributed by atoms with Crippen LogP contribution in [0.15, 0.2) is 12.4 Å². The summed E-state index contributed by atoms with van der Waals surface area (Å²) >= 11 is 0. The van der Waals surface area contributed by atoms with Crippen molar-refractivity contribution in [3.05, 3.63) is 18.2 Å². The highest BCUT2D eigenvalue weighted by Crippen LogP contribution is 2.28. The van der Waals surface area contributed by atoms with Gasteiger partial charge in [0.25, 0.3) is 5.82 Å². The van der Waals surface area contributed by atoms with Gasteiger partial charge in [0.2, 0.25) is 0 Å². The van der Waals surface area contributed by atoms with Crippen molar-refractivity contribution >= 4 is 0 Å². The lowest BCUT2D eigenvalue weighted by Crippen LogP contribution is -2.41. The van der Waals surface area contributed by atoms with Crippen LogP contribution in [0, 0.1) is 0 Å². The third-order valence-electron chi connectivity index (χ3n) is 11.6. The molecule has 1 aromatic rings. The number of aromatic amines is 1. The Bertz CT molecular complexity index is 753. The molecule has 0 aliphatic heterocycles. The molecule has 0 fully saturated rings. The van der Waals surface area contributed by atoms with E-state index in [-0.39, 0.29) is 0 Å². The molecule has 0 aliphatic rings. The van der Waals surface area contributed by atoms with Gasteiger partial charge in [0.15, 0.2) is 0 Å². The summed E-state index contributed by atoms with van der Waals surface area (Å²) in [5.41, 5.74) is 0. The Labute approximate surface area is 310 Å². The van der Waals surface area contributed by atoms with E-state index in [2.05, 4.69) is 49.6 Å². The van der Waals surface area contributed by atoms with Gasteiger partial charge in [-0.2, -0.15) is 0 Å². The van der Waals surface area contributed by atoms with E-state index in [4.69, 9.17) is 0 Å². The van der Waals surface area contributed by atoms with Gasteiger partial charge in [-0.1, -0.05) is 239 Å². The van der Waals surface area contributed by atoms with Crippen LogP contribution < -0.4 is 4.57 Å². The highest BCUT2D eigenvalue weighted by atomic mass is 15.1. The first-order valence-electron chi connectivity index (χ1n) is 23.3. The topological polar surface area (TPSA) is 19.7 Å². The molecule has 0 spiro atoms. The average molecular weight is 686 g/mol. The van der Waals surface area contributed by atoms with Crippen molar-refractivity contribution in [2.75, 3.05) is 0 Å². The number of H-pyrrole nitrogens is 1. The Kier molecular flexibility index (Phi) is 34.9. The number of hydrogen-bond acceptors (Lipinski definition) is 0. The molecule has 0 amide bonds. The van der Waals surface area contributed by atoms with E-state index in [1.54, 1.807) is 5.82 Å². The second-order valence-electron chi connectivity index (χ2n) is 16.5. The maximum absolute atomic E-state index is 3.77. The molecule has 1 aromatic heterocycles. The van der Waals surface area contributed by atoms with Gasteiger partial charge in [0.1, 0.15) is 12.4 Å². The molecule has 0 saturated carbocycles. The standard InChI is InChI=1S/C47H92N2/c1-5-8-11-14-17-20-22-23-24-25-26-27-30-33-36-39-42-46(41-38-35-32-29-21-18-15-12-9-6-2)47-48-43-44-49(47)45(4)40-37-34-31-28-19-16-13-10-7-3/h43-46H,5-42H2,1-4H3/p+1. The summed E-state index contributed by atoms with van der Waals surface area (Å²) in [4.78, 5) is 3.77. The summed E-state index contributed by atoms with van der Waals surface area (Å²) in [6.07, 6.45) is 59.1. The van der Waals surface area contributed by atoms with Crippen LogP contribution in [0.1, 0.15) is 289 Å². The van der Waals surface area contributed by atoms with Gasteiger partial charge in [-0.15, -0.1) is 0 Å². The zero-order valence-corrected chi connectivity index (χ0v) is 34.6. The molecule has 0 radical (unpaired) electrons. The molecule has 2 heteroatoms. The van der Waals surface area contributed by atoms with E-state index in [1.165, 1.54) is 244 Å². The van der Waals surface area contributed by atoms with Gasteiger partial charge < -0.3 is 0 Å². The third kappa shape index (κ3) is 28.5. The van der Waals surface area contributed by atoms with Gasteiger partial charge in [-0.3, -0.25) is 0 Å². The Morgan fingerprint density at radius 3 is 0.959 bits per heavy atom. The van der Waals surface area contributed by atoms with Crippen LogP contribution in [-0.2, 0) is 0 Å². The molecule has 0 bridgehead atoms. The summed E-state index contributed by atoms with van der Waals surface area (Å²) in [5, 5.41) is 0. The minimum Gasteiger partial charge on any atom is -0.247 e. The monoisotopic (exact) mass is 686 g/mol. The smallest absolute Gasteiger partial charge is 0.247 e. The van der Waals surface area contributed by atoms with Gasteiger partial charge >= 0.3 is 0 Å². The molecule has 1 rings (SSSR count). The Balaban J connectivity index is 2.35. The van der Waals surface area contributed by atoms with Crippen LogP contribution in [0.4, 0.5) is 0 Å². The second kappa shape index (κ2) is 37.0. The van der Waals surface area contributed by atoms with Crippen LogP contribution in [-0.4, -0.2) is 4.98 Å². The first-order valence-corrected chi connectivity index (χ1v) is 23.3. The number of nitrogens with zero attached hydrogens (tertiary/aromatic N) is 1. The Hall–Kier alpha value is -0.790. The lowest BCUT2D eigenvalue weighted by molar-refractivity contribution is -0.727. The van der Waals surface area contributed by atoms with Crippen LogP contribution >= 0.6 is 0 Å². The van der Waals surface area contributed by atoms with Crippen molar-refractivity contribution in [2.24, 2.45) is 0 Å². The predicted octanol–water partition coefficient (Wildman–Crippen LogP) is 16.8. The lowest BCUT2D eigenvalue weighted by Gasteiger charge is -2.17. The molecular weight excluding hydrogens is 593 g/mol. The minimum absolute atomic E-state index is 0.617. The molecule has 1 N–H and O–H groups in total. The first kappa shape index (κ1) is 46.2. The molecule has 2 atom stereocenters. The summed E-state index contributed by atoms with van der Waals surface area (Å²) < 4.78 is 2.65. The van der Waals surface area contributed by atoms with Crippen molar-refractivity contribution in [1.82, 2.24) is 4.98 Å². The number of unbranched alkanes of at least 4 members (excludes halogenated alkanes) is 32. The molecule has 0 saturated heterocycles. The number of hydrogen-bond donors (Lipinski definition) is 1. The molecule has 2 unspecified atom stereocenters. The zero-order chi connectivity index (χ0) is 35.3. The Morgan fingerprint density at radius 1 is 0.388 bits per heavy atom. The fourth-order valence-corrected chi connectivity index (χ4v) is 8.20. The van der Waals surface area contributed by atoms with Gasteiger partial charge in [-0.25, -0.2) is 9.55 Å². The number of nitrogens with one attached hydrogen (secondary N) is 1. The summed E-state index contributed by atoms with van der Waals surface area (Å²) in [5.74, 6) is 2.25. The van der Waals surface area contributed by atoms with E-state index in [0.29, 0.717) is 12.0 Å². The number of rotatable bonds is 40. The van der Waals surface area contributed by atoms with Gasteiger partial charge in [0.05, 0.1) is 12.0 Å². The van der Waals surface area contributed by atoms with Crippen LogP contribution in [0.3, 0.4) is 0 Å². The quantitative estimate of drug-likeness (QED) is 0.0524. The van der Waals surface area contributed by atoms with Crippen molar-refractivity contribution < 1.29 is 4.57 Å². The number of imidazole rings is 1. The maximum atomic E-state index is 3.77. The molecule has 49 heavy (non-hydrogen) atoms. The summed E-state index contributed by atoms with van der Waals surface area (Å²) in [7, 11) is 0. The van der Waals surface area contributed by atoms with E-state index in [1.807, 2.05) is 0 Å².